The van der Waals surface area contributed by atoms with Gasteiger partial charge in [0.1, 0.15) is 0 Å². The number of rotatable bonds is 6. The summed E-state index contributed by atoms with van der Waals surface area (Å²) in [5.41, 5.74) is 0. The van der Waals surface area contributed by atoms with Gasteiger partial charge in [0.05, 0.1) is 13.2 Å². The molecule has 0 aliphatic heterocycles. The number of amides is 2. The number of aliphatic hydroxyl groups excluding tert-OH is 2. The van der Waals surface area contributed by atoms with Gasteiger partial charge in [-0.05, 0) is 12.8 Å². The predicted octanol–water partition coefficient (Wildman–Crippen LogP) is -0.231. The fourth-order valence-electron chi connectivity index (χ4n) is 2.32. The van der Waals surface area contributed by atoms with Crippen molar-refractivity contribution in [1.29, 1.82) is 0 Å². The first-order valence-electron chi connectivity index (χ1n) is 6.62. The molecule has 0 heterocycles. The summed E-state index contributed by atoms with van der Waals surface area (Å²) in [6, 6.07) is -0.343. The molecule has 7 heteroatoms. The van der Waals surface area contributed by atoms with Gasteiger partial charge in [0.15, 0.2) is 6.10 Å². The maximum absolute atomic E-state index is 12.0. The average molecular weight is 274 g/mol. The number of carboxylic acids is 1. The molecule has 1 aliphatic carbocycles. The molecule has 1 fully saturated rings. The third-order valence-corrected chi connectivity index (χ3v) is 3.35. The number of urea groups is 1. The smallest absolute Gasteiger partial charge is 0.334 e. The standard InChI is InChI=1S/C12H22N2O5/c15-7-6-14(9-4-2-1-3-5-9)12(19)13-8-10(16)11(17)18/h9-10,15-16H,1-8H2,(H,13,19)(H,17,18)/t10-/m0/s1. The molecule has 1 saturated carbocycles. The van der Waals surface area contributed by atoms with Gasteiger partial charge in [0, 0.05) is 12.6 Å². The number of carboxylic acid groups (broad SMARTS) is 1. The predicted molar refractivity (Wildman–Crippen MR) is 67.7 cm³/mol. The van der Waals surface area contributed by atoms with Gasteiger partial charge in [-0.2, -0.15) is 0 Å². The first-order valence-corrected chi connectivity index (χ1v) is 6.62. The van der Waals surface area contributed by atoms with Crippen LogP contribution in [-0.2, 0) is 4.79 Å². The molecule has 0 unspecified atom stereocenters. The van der Waals surface area contributed by atoms with Crippen LogP contribution in [0.2, 0.25) is 0 Å². The molecule has 0 aromatic heterocycles. The number of aliphatic carboxylic acids is 1. The third-order valence-electron chi connectivity index (χ3n) is 3.35. The largest absolute Gasteiger partial charge is 0.479 e. The molecular weight excluding hydrogens is 252 g/mol. The van der Waals surface area contributed by atoms with Gasteiger partial charge in [-0.25, -0.2) is 9.59 Å². The molecule has 1 rings (SSSR count). The summed E-state index contributed by atoms with van der Waals surface area (Å²) in [7, 11) is 0. The Morgan fingerprint density at radius 1 is 1.26 bits per heavy atom. The minimum absolute atomic E-state index is 0.0860. The fraction of sp³-hybridized carbons (Fsp3) is 0.833. The van der Waals surface area contributed by atoms with E-state index in [1.165, 1.54) is 4.90 Å². The van der Waals surface area contributed by atoms with Crippen LogP contribution in [0.3, 0.4) is 0 Å². The molecular formula is C12H22N2O5. The number of hydrogen-bond donors (Lipinski definition) is 4. The SMILES string of the molecule is O=C(O)[C@@H](O)CNC(=O)N(CCO)C1CCCCC1. The maximum Gasteiger partial charge on any atom is 0.334 e. The minimum atomic E-state index is -1.61. The van der Waals surface area contributed by atoms with Gasteiger partial charge >= 0.3 is 12.0 Å². The van der Waals surface area contributed by atoms with E-state index in [9.17, 15) is 9.59 Å². The van der Waals surface area contributed by atoms with E-state index in [0.717, 1.165) is 32.1 Å². The third kappa shape index (κ3) is 5.04. The van der Waals surface area contributed by atoms with Crippen LogP contribution in [0.25, 0.3) is 0 Å². The van der Waals surface area contributed by atoms with E-state index < -0.39 is 18.1 Å². The quantitative estimate of drug-likeness (QED) is 0.535. The Kier molecular flexibility index (Phi) is 6.58. The second kappa shape index (κ2) is 7.96. The monoisotopic (exact) mass is 274 g/mol. The van der Waals surface area contributed by atoms with Crippen LogP contribution >= 0.6 is 0 Å². The highest BCUT2D eigenvalue weighted by molar-refractivity contribution is 5.77. The van der Waals surface area contributed by atoms with E-state index in [4.69, 9.17) is 15.3 Å². The van der Waals surface area contributed by atoms with Crippen LogP contribution in [0.15, 0.2) is 0 Å². The Morgan fingerprint density at radius 3 is 2.42 bits per heavy atom. The molecule has 0 aromatic rings. The van der Waals surface area contributed by atoms with Crippen molar-refractivity contribution in [3.05, 3.63) is 0 Å². The first kappa shape index (κ1) is 15.7. The van der Waals surface area contributed by atoms with E-state index in [-0.39, 0.29) is 25.7 Å². The zero-order valence-corrected chi connectivity index (χ0v) is 10.9. The van der Waals surface area contributed by atoms with E-state index in [1.54, 1.807) is 0 Å². The second-order valence-electron chi connectivity index (χ2n) is 4.75. The highest BCUT2D eigenvalue weighted by Crippen LogP contribution is 2.22. The highest BCUT2D eigenvalue weighted by Gasteiger charge is 2.25. The molecule has 0 aromatic carbocycles. The number of carbonyl (C=O) groups excluding carboxylic acids is 1. The molecule has 0 radical (unpaired) electrons. The fourth-order valence-corrected chi connectivity index (χ4v) is 2.32. The summed E-state index contributed by atoms with van der Waals surface area (Å²) in [6.45, 7) is -0.242. The summed E-state index contributed by atoms with van der Waals surface area (Å²) in [4.78, 5) is 23.9. The van der Waals surface area contributed by atoms with Crippen LogP contribution in [0.5, 0.6) is 0 Å². The van der Waals surface area contributed by atoms with Gasteiger partial charge < -0.3 is 25.5 Å². The normalized spacial score (nSPS) is 17.8. The summed E-state index contributed by atoms with van der Waals surface area (Å²) >= 11 is 0. The number of carbonyl (C=O) groups is 2. The Labute approximate surface area is 112 Å². The molecule has 19 heavy (non-hydrogen) atoms. The van der Waals surface area contributed by atoms with Gasteiger partial charge in [0.25, 0.3) is 0 Å². The van der Waals surface area contributed by atoms with Crippen LogP contribution in [0, 0.1) is 0 Å². The summed E-state index contributed by atoms with van der Waals surface area (Å²) in [6.07, 6.45) is 3.45. The highest BCUT2D eigenvalue weighted by atomic mass is 16.4. The molecule has 7 nitrogen and oxygen atoms in total. The van der Waals surface area contributed by atoms with Crippen molar-refractivity contribution in [2.45, 2.75) is 44.2 Å². The Hall–Kier alpha value is -1.34. The van der Waals surface area contributed by atoms with Gasteiger partial charge in [-0.15, -0.1) is 0 Å². The van der Waals surface area contributed by atoms with Gasteiger partial charge in [-0.3, -0.25) is 0 Å². The minimum Gasteiger partial charge on any atom is -0.479 e. The zero-order valence-electron chi connectivity index (χ0n) is 10.9. The molecule has 2 amide bonds. The van der Waals surface area contributed by atoms with Crippen LogP contribution in [0.4, 0.5) is 4.79 Å². The van der Waals surface area contributed by atoms with Crippen molar-refractivity contribution >= 4 is 12.0 Å². The van der Waals surface area contributed by atoms with E-state index in [1.807, 2.05) is 0 Å². The Balaban J connectivity index is 2.49. The topological polar surface area (TPSA) is 110 Å². The lowest BCUT2D eigenvalue weighted by Crippen LogP contribution is -2.50. The van der Waals surface area contributed by atoms with Crippen molar-refractivity contribution in [3.63, 3.8) is 0 Å². The lowest BCUT2D eigenvalue weighted by atomic mass is 9.94. The first-order chi connectivity index (χ1) is 9.06. The molecule has 0 bridgehead atoms. The Bertz CT molecular complexity index is 304. The summed E-state index contributed by atoms with van der Waals surface area (Å²) < 4.78 is 0. The molecule has 0 spiro atoms. The molecule has 110 valence electrons. The van der Waals surface area contributed by atoms with Crippen molar-refractivity contribution in [1.82, 2.24) is 10.2 Å². The number of nitrogens with zero attached hydrogens (tertiary/aromatic N) is 1. The van der Waals surface area contributed by atoms with Crippen molar-refractivity contribution < 1.29 is 24.9 Å². The van der Waals surface area contributed by atoms with E-state index >= 15 is 0 Å². The zero-order chi connectivity index (χ0) is 14.3. The average Bonchev–Trinajstić information content (AvgIpc) is 2.42. The Morgan fingerprint density at radius 2 is 1.89 bits per heavy atom. The number of aliphatic hydroxyl groups is 2. The van der Waals surface area contributed by atoms with Crippen LogP contribution in [-0.4, -0.2) is 64.1 Å². The molecule has 1 aliphatic rings. The van der Waals surface area contributed by atoms with Crippen molar-refractivity contribution in [3.8, 4) is 0 Å². The molecule has 0 saturated heterocycles. The van der Waals surface area contributed by atoms with Gasteiger partial charge in [0.2, 0.25) is 0 Å². The van der Waals surface area contributed by atoms with Crippen molar-refractivity contribution in [2.75, 3.05) is 19.7 Å². The molecule has 4 N–H and O–H groups in total. The number of nitrogens with one attached hydrogen (secondary N) is 1. The molecule has 1 atom stereocenters. The maximum atomic E-state index is 12.0. The van der Waals surface area contributed by atoms with E-state index in [0.29, 0.717) is 0 Å². The summed E-state index contributed by atoms with van der Waals surface area (Å²) in [5, 5.41) is 29.1. The van der Waals surface area contributed by atoms with E-state index in [2.05, 4.69) is 5.32 Å². The van der Waals surface area contributed by atoms with Crippen molar-refractivity contribution in [2.24, 2.45) is 0 Å². The number of hydrogen-bond acceptors (Lipinski definition) is 4. The lowest BCUT2D eigenvalue weighted by Gasteiger charge is -2.34. The van der Waals surface area contributed by atoms with Gasteiger partial charge in [-0.1, -0.05) is 19.3 Å². The van der Waals surface area contributed by atoms with Crippen LogP contribution < -0.4 is 5.32 Å². The summed E-state index contributed by atoms with van der Waals surface area (Å²) in [5.74, 6) is -1.37. The van der Waals surface area contributed by atoms with Crippen LogP contribution in [0.1, 0.15) is 32.1 Å². The lowest BCUT2D eigenvalue weighted by molar-refractivity contribution is -0.146. The second-order valence-corrected chi connectivity index (χ2v) is 4.75.